The van der Waals surface area contributed by atoms with Gasteiger partial charge in [-0.15, -0.1) is 0 Å². The third-order valence-corrected chi connectivity index (χ3v) is 7.44. The lowest BCUT2D eigenvalue weighted by Gasteiger charge is -2.50. The molecule has 0 unspecified atom stereocenters. The number of phenols is 1. The van der Waals surface area contributed by atoms with Crippen molar-refractivity contribution in [1.82, 2.24) is 4.90 Å². The maximum absolute atomic E-state index is 13.8. The number of primary amides is 1. The van der Waals surface area contributed by atoms with E-state index in [9.17, 15) is 34.8 Å². The van der Waals surface area contributed by atoms with Crippen molar-refractivity contribution in [2.75, 3.05) is 14.1 Å². The fourth-order valence-electron chi connectivity index (χ4n) is 5.93. The molecule has 4 atom stereocenters. The van der Waals surface area contributed by atoms with Crippen molar-refractivity contribution in [1.29, 1.82) is 0 Å². The van der Waals surface area contributed by atoms with Crippen LogP contribution < -0.4 is 5.73 Å². The summed E-state index contributed by atoms with van der Waals surface area (Å²) in [6.07, 6.45) is 3.25. The third kappa shape index (κ3) is 2.93. The van der Waals surface area contributed by atoms with Gasteiger partial charge >= 0.3 is 0 Å². The van der Waals surface area contributed by atoms with E-state index in [1.807, 2.05) is 0 Å². The minimum absolute atomic E-state index is 0.0340. The van der Waals surface area contributed by atoms with Gasteiger partial charge in [-0.2, -0.15) is 0 Å². The van der Waals surface area contributed by atoms with Crippen LogP contribution in [-0.2, 0) is 20.8 Å². The van der Waals surface area contributed by atoms with E-state index in [4.69, 9.17) is 10.2 Å². The zero-order chi connectivity index (χ0) is 25.4. The highest BCUT2D eigenvalue weighted by atomic mass is 16.3. The van der Waals surface area contributed by atoms with Crippen molar-refractivity contribution in [2.45, 2.75) is 24.5 Å². The minimum Gasteiger partial charge on any atom is -0.508 e. The molecule has 1 saturated carbocycles. The number of hydrogen-bond acceptors (Lipinski definition) is 9. The molecule has 3 aliphatic carbocycles. The molecule has 0 bridgehead atoms. The molecule has 1 aromatic carbocycles. The minimum atomic E-state index is -2.65. The number of amides is 1. The summed E-state index contributed by atoms with van der Waals surface area (Å²) in [5, 5.41) is 44.2. The first kappa shape index (κ1) is 22.9. The van der Waals surface area contributed by atoms with Gasteiger partial charge in [0.25, 0.3) is 5.91 Å². The molecule has 0 radical (unpaired) electrons. The number of furan rings is 1. The molecule has 182 valence electrons. The van der Waals surface area contributed by atoms with Gasteiger partial charge in [-0.3, -0.25) is 19.3 Å². The second-order valence-corrected chi connectivity index (χ2v) is 9.46. The number of nitrogens with two attached hydrogens (primary N) is 1. The Labute approximate surface area is 199 Å². The van der Waals surface area contributed by atoms with Gasteiger partial charge in [0.1, 0.15) is 22.8 Å². The molecule has 6 N–H and O–H groups in total. The maximum atomic E-state index is 13.8. The molecule has 1 aromatic heterocycles. The van der Waals surface area contributed by atoms with Gasteiger partial charge in [-0.05, 0) is 56.1 Å². The average molecular weight is 480 g/mol. The van der Waals surface area contributed by atoms with Crippen LogP contribution in [0.15, 0.2) is 52.0 Å². The van der Waals surface area contributed by atoms with E-state index in [0.717, 1.165) is 0 Å². The second-order valence-electron chi connectivity index (χ2n) is 9.46. The summed E-state index contributed by atoms with van der Waals surface area (Å²) >= 11 is 0. The van der Waals surface area contributed by atoms with Crippen LogP contribution in [0.25, 0.3) is 16.9 Å². The Morgan fingerprint density at radius 3 is 2.49 bits per heavy atom. The number of rotatable bonds is 3. The van der Waals surface area contributed by atoms with Crippen LogP contribution in [0.5, 0.6) is 5.75 Å². The van der Waals surface area contributed by atoms with E-state index >= 15 is 0 Å². The lowest BCUT2D eigenvalue weighted by molar-refractivity contribution is -0.153. The lowest BCUT2D eigenvalue weighted by atomic mass is 9.57. The quantitative estimate of drug-likeness (QED) is 0.405. The van der Waals surface area contributed by atoms with Crippen LogP contribution in [0.2, 0.25) is 0 Å². The Kier molecular flexibility index (Phi) is 4.94. The summed E-state index contributed by atoms with van der Waals surface area (Å²) < 4.78 is 5.18. The van der Waals surface area contributed by atoms with Crippen molar-refractivity contribution in [3.63, 3.8) is 0 Å². The van der Waals surface area contributed by atoms with Crippen LogP contribution >= 0.6 is 0 Å². The van der Waals surface area contributed by atoms with Crippen molar-refractivity contribution in [2.24, 2.45) is 17.6 Å². The van der Waals surface area contributed by atoms with E-state index in [-0.39, 0.29) is 29.7 Å². The number of fused-ring (bicyclic) bond motifs is 3. The number of carbonyl (C=O) groups is 3. The number of likely N-dealkylation sites (N-methyl/N-ethyl adjacent to an activating group) is 1. The molecule has 2 aromatic rings. The summed E-state index contributed by atoms with van der Waals surface area (Å²) in [4.78, 5) is 40.4. The molecule has 10 heteroatoms. The Bertz CT molecular complexity index is 1350. The van der Waals surface area contributed by atoms with Gasteiger partial charge in [-0.1, -0.05) is 6.07 Å². The van der Waals surface area contributed by atoms with Crippen molar-refractivity contribution >= 4 is 23.2 Å². The fraction of sp³-hybridized carbons (Fsp3) is 0.320. The van der Waals surface area contributed by atoms with Crippen LogP contribution in [0, 0.1) is 11.8 Å². The average Bonchev–Trinajstić information content (AvgIpc) is 3.30. The molecule has 5 rings (SSSR count). The van der Waals surface area contributed by atoms with Crippen molar-refractivity contribution in [3.8, 4) is 16.9 Å². The standard InChI is InChI=1S/C25H24N2O8/c1-27(2)19-14-8-11-7-13-12(10-5-6-35-9-10)3-4-15(28)17(13)20(29)16(11)22(31)25(14,34)23(32)18(21(19)30)24(26)33/h3-6,9,11,14,19,28-29,32,34H,7-8H2,1-2H3,(H2,26,33)/t11-,14-,19-,25+/m1/s1. The number of carbonyl (C=O) groups excluding carboxylic acids is 3. The lowest BCUT2D eigenvalue weighted by Crippen LogP contribution is -2.65. The van der Waals surface area contributed by atoms with Crippen LogP contribution in [0.4, 0.5) is 0 Å². The number of aromatic hydroxyl groups is 1. The monoisotopic (exact) mass is 480 g/mol. The molecule has 3 aliphatic rings. The van der Waals surface area contributed by atoms with Crippen LogP contribution in [0.3, 0.4) is 0 Å². The molecular formula is C25H24N2O8. The predicted octanol–water partition coefficient (Wildman–Crippen LogP) is 1.22. The summed E-state index contributed by atoms with van der Waals surface area (Å²) in [7, 11) is 3.12. The SMILES string of the molecule is CN(C)[C@H]1C(=O)C(C(N)=O)=C(O)[C@@]2(O)C(=O)C3=C(O)c4c(O)ccc(-c5ccoc5)c4C[C@@H]3C[C@H]12. The fourth-order valence-corrected chi connectivity index (χ4v) is 5.93. The highest BCUT2D eigenvalue weighted by molar-refractivity contribution is 6.24. The number of benzene rings is 1. The van der Waals surface area contributed by atoms with Gasteiger partial charge in [0.05, 0.1) is 24.1 Å². The third-order valence-electron chi connectivity index (χ3n) is 7.44. The highest BCUT2D eigenvalue weighted by Crippen LogP contribution is 2.53. The second kappa shape index (κ2) is 7.56. The molecule has 0 saturated heterocycles. The van der Waals surface area contributed by atoms with E-state index in [1.165, 1.54) is 23.5 Å². The van der Waals surface area contributed by atoms with E-state index in [0.29, 0.717) is 16.7 Å². The molecule has 10 nitrogen and oxygen atoms in total. The summed E-state index contributed by atoms with van der Waals surface area (Å²) in [6, 6.07) is 3.67. The van der Waals surface area contributed by atoms with E-state index in [1.54, 1.807) is 26.2 Å². The van der Waals surface area contributed by atoms with Gasteiger partial charge < -0.3 is 30.6 Å². The van der Waals surface area contributed by atoms with E-state index in [2.05, 4.69) is 0 Å². The zero-order valence-electron chi connectivity index (χ0n) is 19.0. The largest absolute Gasteiger partial charge is 0.508 e. The highest BCUT2D eigenvalue weighted by Gasteiger charge is 2.64. The summed E-state index contributed by atoms with van der Waals surface area (Å²) in [6.45, 7) is 0. The first-order chi connectivity index (χ1) is 16.5. The summed E-state index contributed by atoms with van der Waals surface area (Å²) in [5.41, 5.74) is 3.67. The molecule has 1 heterocycles. The van der Waals surface area contributed by atoms with Crippen molar-refractivity contribution < 1.29 is 39.2 Å². The first-order valence-electron chi connectivity index (χ1n) is 11.0. The predicted molar refractivity (Wildman–Crippen MR) is 122 cm³/mol. The van der Waals surface area contributed by atoms with Gasteiger partial charge in [0.15, 0.2) is 11.4 Å². The molecule has 0 aliphatic heterocycles. The Morgan fingerprint density at radius 2 is 1.89 bits per heavy atom. The number of Topliss-reactive ketones (excluding diaryl/α,β-unsaturated/α-hetero) is 2. The Balaban J connectivity index is 1.75. The van der Waals surface area contributed by atoms with Gasteiger partial charge in [0.2, 0.25) is 5.78 Å². The number of aliphatic hydroxyl groups excluding tert-OH is 2. The first-order valence-corrected chi connectivity index (χ1v) is 11.0. The molecule has 1 amide bonds. The molecular weight excluding hydrogens is 456 g/mol. The summed E-state index contributed by atoms with van der Waals surface area (Å²) in [5.74, 6) is -6.73. The Morgan fingerprint density at radius 1 is 1.17 bits per heavy atom. The molecule has 1 fully saturated rings. The molecule has 35 heavy (non-hydrogen) atoms. The number of ketones is 2. The number of nitrogens with zero attached hydrogens (tertiary/aromatic N) is 1. The van der Waals surface area contributed by atoms with Crippen LogP contribution in [0.1, 0.15) is 17.5 Å². The number of hydrogen-bond donors (Lipinski definition) is 5. The smallest absolute Gasteiger partial charge is 0.255 e. The number of phenolic OH excluding ortho intramolecular Hbond substituents is 1. The van der Waals surface area contributed by atoms with Gasteiger partial charge in [-0.25, -0.2) is 0 Å². The number of aliphatic hydroxyl groups is 3. The zero-order valence-corrected chi connectivity index (χ0v) is 19.0. The Hall–Kier alpha value is -3.89. The van der Waals surface area contributed by atoms with Crippen LogP contribution in [-0.4, -0.2) is 68.5 Å². The van der Waals surface area contributed by atoms with Gasteiger partial charge in [0, 0.05) is 17.1 Å². The van der Waals surface area contributed by atoms with Crippen molar-refractivity contribution in [3.05, 3.63) is 58.8 Å². The normalized spacial score (nSPS) is 28.2. The molecule has 0 spiro atoms. The maximum Gasteiger partial charge on any atom is 0.255 e. The topological polar surface area (TPSA) is 175 Å². The van der Waals surface area contributed by atoms with E-state index < -0.39 is 58.0 Å².